The molecule has 0 spiro atoms. The highest BCUT2D eigenvalue weighted by atomic mass is 19.4. The molecule has 0 aromatic heterocycles. The van der Waals surface area contributed by atoms with Crippen LogP contribution in [-0.4, -0.2) is 29.1 Å². The number of aliphatic carboxylic acids is 1. The molecule has 0 aromatic rings. The maximum absolute atomic E-state index is 10.6. The Kier molecular flexibility index (Phi) is 4.06. The third-order valence-corrected chi connectivity index (χ3v) is 1.10. The highest BCUT2D eigenvalue weighted by Gasteiger charge is 2.38. The van der Waals surface area contributed by atoms with Gasteiger partial charge in [-0.25, -0.2) is 4.79 Å². The summed E-state index contributed by atoms with van der Waals surface area (Å²) in [5.41, 5.74) is 0. The molecule has 0 unspecified atom stereocenters. The van der Waals surface area contributed by atoms with Crippen molar-refractivity contribution in [2.45, 2.75) is 19.0 Å². The van der Waals surface area contributed by atoms with Gasteiger partial charge in [-0.3, -0.25) is 14.9 Å². The van der Waals surface area contributed by atoms with Gasteiger partial charge in [0.2, 0.25) is 11.8 Å². The molecule has 1 heterocycles. The standard InChI is InChI=1S/C4H5NO2.C2HF3O2/c6-3-1-2-4(7)5-3;3-2(4,5)1(6)7/h1-2H2,(H,5,6,7);(H,6,7). The van der Waals surface area contributed by atoms with E-state index in [4.69, 9.17) is 9.90 Å². The van der Waals surface area contributed by atoms with Crippen molar-refractivity contribution in [1.82, 2.24) is 5.32 Å². The Morgan fingerprint density at radius 2 is 1.50 bits per heavy atom. The van der Waals surface area contributed by atoms with Crippen LogP contribution in [0.5, 0.6) is 0 Å². The first-order chi connectivity index (χ1) is 6.23. The minimum absolute atomic E-state index is 0.148. The topological polar surface area (TPSA) is 83.5 Å². The van der Waals surface area contributed by atoms with Gasteiger partial charge in [0.05, 0.1) is 0 Å². The van der Waals surface area contributed by atoms with Crippen LogP contribution in [0.15, 0.2) is 0 Å². The van der Waals surface area contributed by atoms with Gasteiger partial charge in [-0.2, -0.15) is 13.2 Å². The van der Waals surface area contributed by atoms with Crippen molar-refractivity contribution in [1.29, 1.82) is 0 Å². The fourth-order valence-electron chi connectivity index (χ4n) is 0.508. The third-order valence-electron chi connectivity index (χ3n) is 1.10. The number of carboxylic acids is 1. The second-order valence-electron chi connectivity index (χ2n) is 2.27. The van der Waals surface area contributed by atoms with Crippen LogP contribution in [-0.2, 0) is 14.4 Å². The highest BCUT2D eigenvalue weighted by Crippen LogP contribution is 2.13. The quantitative estimate of drug-likeness (QED) is 0.557. The van der Waals surface area contributed by atoms with E-state index >= 15 is 0 Å². The molecule has 0 aliphatic carbocycles. The Morgan fingerprint density at radius 3 is 1.57 bits per heavy atom. The maximum atomic E-state index is 10.6. The summed E-state index contributed by atoms with van der Waals surface area (Å²) in [7, 11) is 0. The lowest BCUT2D eigenvalue weighted by Crippen LogP contribution is -2.21. The normalized spacial score (nSPS) is 15.6. The number of amides is 2. The zero-order chi connectivity index (χ0) is 11.4. The van der Waals surface area contributed by atoms with Crippen molar-refractivity contribution in [3.05, 3.63) is 0 Å². The molecule has 14 heavy (non-hydrogen) atoms. The molecule has 0 aromatic carbocycles. The second-order valence-corrected chi connectivity index (χ2v) is 2.27. The number of carboxylic acid groups (broad SMARTS) is 1. The lowest BCUT2D eigenvalue weighted by molar-refractivity contribution is -0.192. The fraction of sp³-hybridized carbons (Fsp3) is 0.500. The van der Waals surface area contributed by atoms with Gasteiger partial charge >= 0.3 is 12.1 Å². The Morgan fingerprint density at radius 1 is 1.21 bits per heavy atom. The summed E-state index contributed by atoms with van der Waals surface area (Å²) in [6, 6.07) is 0. The molecule has 5 nitrogen and oxygen atoms in total. The summed E-state index contributed by atoms with van der Waals surface area (Å²) >= 11 is 0. The summed E-state index contributed by atoms with van der Waals surface area (Å²) in [6.45, 7) is 0. The SMILES string of the molecule is O=C(O)C(F)(F)F.O=C1CCC(=O)N1. The van der Waals surface area contributed by atoms with E-state index in [1.807, 2.05) is 0 Å². The average molecular weight is 213 g/mol. The van der Waals surface area contributed by atoms with Crippen molar-refractivity contribution in [3.8, 4) is 0 Å². The molecule has 2 amide bonds. The maximum Gasteiger partial charge on any atom is 0.490 e. The largest absolute Gasteiger partial charge is 0.490 e. The lowest BCUT2D eigenvalue weighted by Gasteiger charge is -1.93. The molecule has 1 rings (SSSR count). The summed E-state index contributed by atoms with van der Waals surface area (Å²) in [4.78, 5) is 29.1. The Hall–Kier alpha value is -1.60. The molecule has 1 aliphatic heterocycles. The first-order valence-electron chi connectivity index (χ1n) is 3.36. The van der Waals surface area contributed by atoms with Gasteiger partial charge in [-0.05, 0) is 0 Å². The lowest BCUT2D eigenvalue weighted by atomic mass is 10.4. The van der Waals surface area contributed by atoms with Gasteiger partial charge in [0, 0.05) is 12.8 Å². The second kappa shape index (κ2) is 4.58. The number of carbonyl (C=O) groups excluding carboxylic acids is 2. The van der Waals surface area contributed by atoms with Crippen LogP contribution in [0.2, 0.25) is 0 Å². The van der Waals surface area contributed by atoms with Crippen molar-refractivity contribution in [2.24, 2.45) is 0 Å². The minimum atomic E-state index is -5.08. The Bertz CT molecular complexity index is 246. The van der Waals surface area contributed by atoms with E-state index in [2.05, 4.69) is 5.32 Å². The molecular weight excluding hydrogens is 207 g/mol. The summed E-state index contributed by atoms with van der Waals surface area (Å²) < 4.78 is 31.7. The van der Waals surface area contributed by atoms with Crippen LogP contribution in [0.4, 0.5) is 13.2 Å². The van der Waals surface area contributed by atoms with Crippen molar-refractivity contribution < 1.29 is 32.7 Å². The van der Waals surface area contributed by atoms with Crippen molar-refractivity contribution >= 4 is 17.8 Å². The van der Waals surface area contributed by atoms with Gasteiger partial charge in [0.1, 0.15) is 0 Å². The number of alkyl halides is 3. The van der Waals surface area contributed by atoms with Gasteiger partial charge in [0.25, 0.3) is 0 Å². The van der Waals surface area contributed by atoms with Crippen LogP contribution in [0.1, 0.15) is 12.8 Å². The number of hydrogen-bond acceptors (Lipinski definition) is 3. The molecule has 1 fully saturated rings. The Labute approximate surface area is 75.9 Å². The predicted octanol–water partition coefficient (Wildman–Crippen LogP) is 0.0563. The van der Waals surface area contributed by atoms with Gasteiger partial charge in [-0.15, -0.1) is 0 Å². The first-order valence-corrected chi connectivity index (χ1v) is 3.36. The highest BCUT2D eigenvalue weighted by molar-refractivity contribution is 6.01. The van der Waals surface area contributed by atoms with Gasteiger partial charge in [0.15, 0.2) is 0 Å². The first kappa shape index (κ1) is 12.4. The van der Waals surface area contributed by atoms with Gasteiger partial charge < -0.3 is 5.11 Å². The van der Waals surface area contributed by atoms with Crippen LogP contribution in [0, 0.1) is 0 Å². The van der Waals surface area contributed by atoms with Crippen molar-refractivity contribution in [3.63, 3.8) is 0 Å². The molecular formula is C6H6F3NO4. The monoisotopic (exact) mass is 213 g/mol. The molecule has 2 N–H and O–H groups in total. The molecule has 0 atom stereocenters. The number of nitrogens with one attached hydrogen (secondary N) is 1. The zero-order valence-corrected chi connectivity index (χ0v) is 6.72. The summed E-state index contributed by atoms with van der Waals surface area (Å²) in [5.74, 6) is -3.05. The summed E-state index contributed by atoms with van der Waals surface area (Å²) in [6.07, 6.45) is -4.34. The van der Waals surface area contributed by atoms with Gasteiger partial charge in [-0.1, -0.05) is 0 Å². The van der Waals surface area contributed by atoms with E-state index < -0.39 is 12.1 Å². The predicted molar refractivity (Wildman–Crippen MR) is 36.1 cm³/mol. The molecule has 8 heteroatoms. The van der Waals surface area contributed by atoms with Crippen molar-refractivity contribution in [2.75, 3.05) is 0 Å². The van der Waals surface area contributed by atoms with E-state index in [9.17, 15) is 22.8 Å². The van der Waals surface area contributed by atoms with E-state index in [1.54, 1.807) is 0 Å². The Balaban J connectivity index is 0.000000241. The zero-order valence-electron chi connectivity index (χ0n) is 6.72. The smallest absolute Gasteiger partial charge is 0.475 e. The molecule has 1 aliphatic rings. The number of rotatable bonds is 0. The van der Waals surface area contributed by atoms with Crippen LogP contribution in [0.25, 0.3) is 0 Å². The number of carbonyl (C=O) groups is 3. The molecule has 0 radical (unpaired) electrons. The van der Waals surface area contributed by atoms with Crippen LogP contribution < -0.4 is 5.32 Å². The van der Waals surface area contributed by atoms with E-state index in [1.165, 1.54) is 0 Å². The molecule has 1 saturated heterocycles. The molecule has 0 saturated carbocycles. The number of halogens is 3. The van der Waals surface area contributed by atoms with Crippen LogP contribution >= 0.6 is 0 Å². The number of hydrogen-bond donors (Lipinski definition) is 2. The summed E-state index contributed by atoms with van der Waals surface area (Å²) in [5, 5.41) is 9.26. The average Bonchev–Trinajstić information content (AvgIpc) is 2.33. The third kappa shape index (κ3) is 5.12. The van der Waals surface area contributed by atoms with E-state index in [0.717, 1.165) is 0 Å². The molecule has 0 bridgehead atoms. The van der Waals surface area contributed by atoms with E-state index in [-0.39, 0.29) is 11.8 Å². The number of imide groups is 1. The van der Waals surface area contributed by atoms with Crippen LogP contribution in [0.3, 0.4) is 0 Å². The molecule has 80 valence electrons. The fourth-order valence-corrected chi connectivity index (χ4v) is 0.508. The minimum Gasteiger partial charge on any atom is -0.475 e. The van der Waals surface area contributed by atoms with E-state index in [0.29, 0.717) is 12.8 Å².